The van der Waals surface area contributed by atoms with Crippen molar-refractivity contribution >= 4 is 21.6 Å². The minimum absolute atomic E-state index is 0.0572. The number of carbonyl (C=O) groups is 1. The number of benzene rings is 3. The minimum Gasteiger partial charge on any atom is -0.334 e. The van der Waals surface area contributed by atoms with Gasteiger partial charge in [-0.3, -0.25) is 4.90 Å². The molecule has 1 spiro atoms. The van der Waals surface area contributed by atoms with Gasteiger partial charge >= 0.3 is 6.03 Å². The SMILES string of the molecule is CCS(=O)(=O)c1ccc(CNC(=O)N2CC3(CCCCC3)c3cc(-c4ccc(F)cc4C)ccc32)cc1. The van der Waals surface area contributed by atoms with Crippen LogP contribution in [0.3, 0.4) is 0 Å². The molecule has 1 heterocycles. The highest BCUT2D eigenvalue weighted by Gasteiger charge is 2.45. The number of urea groups is 1. The number of aryl methyl sites for hydroxylation is 1. The summed E-state index contributed by atoms with van der Waals surface area (Å²) in [5.41, 5.74) is 5.87. The van der Waals surface area contributed by atoms with Crippen molar-refractivity contribution in [2.75, 3.05) is 17.2 Å². The number of halogens is 1. The van der Waals surface area contributed by atoms with E-state index in [9.17, 15) is 17.6 Å². The van der Waals surface area contributed by atoms with E-state index in [0.717, 1.165) is 53.6 Å². The molecule has 0 radical (unpaired) electrons. The van der Waals surface area contributed by atoms with Crippen molar-refractivity contribution in [2.24, 2.45) is 0 Å². The monoisotopic (exact) mass is 520 g/mol. The number of hydrogen-bond acceptors (Lipinski definition) is 3. The highest BCUT2D eigenvalue weighted by atomic mass is 32.2. The van der Waals surface area contributed by atoms with Crippen LogP contribution in [-0.2, 0) is 21.8 Å². The molecule has 194 valence electrons. The van der Waals surface area contributed by atoms with Gasteiger partial charge in [-0.25, -0.2) is 17.6 Å². The number of nitrogens with zero attached hydrogens (tertiary/aromatic N) is 1. The Labute approximate surface area is 218 Å². The van der Waals surface area contributed by atoms with E-state index in [2.05, 4.69) is 11.4 Å². The maximum absolute atomic E-state index is 13.7. The highest BCUT2D eigenvalue weighted by Crippen LogP contribution is 2.50. The van der Waals surface area contributed by atoms with Crippen LogP contribution in [-0.4, -0.2) is 26.7 Å². The summed E-state index contributed by atoms with van der Waals surface area (Å²) in [6, 6.07) is 17.7. The van der Waals surface area contributed by atoms with Crippen molar-refractivity contribution in [1.82, 2.24) is 5.32 Å². The quantitative estimate of drug-likeness (QED) is 0.416. The Bertz CT molecular complexity index is 1430. The molecular weight excluding hydrogens is 487 g/mol. The van der Waals surface area contributed by atoms with E-state index < -0.39 is 9.84 Å². The smallest absolute Gasteiger partial charge is 0.322 e. The number of nitrogens with one attached hydrogen (secondary N) is 1. The van der Waals surface area contributed by atoms with Crippen LogP contribution in [0.1, 0.15) is 55.7 Å². The summed E-state index contributed by atoms with van der Waals surface area (Å²) in [7, 11) is -3.25. The molecule has 5 nitrogen and oxygen atoms in total. The van der Waals surface area contributed by atoms with Gasteiger partial charge in [0.25, 0.3) is 0 Å². The molecule has 2 aliphatic rings. The van der Waals surface area contributed by atoms with Crippen LogP contribution in [0.15, 0.2) is 65.6 Å². The molecule has 1 aliphatic carbocycles. The molecule has 1 fully saturated rings. The van der Waals surface area contributed by atoms with E-state index in [-0.39, 0.29) is 23.0 Å². The lowest BCUT2D eigenvalue weighted by atomic mass is 9.70. The van der Waals surface area contributed by atoms with E-state index in [4.69, 9.17) is 0 Å². The fourth-order valence-electron chi connectivity index (χ4n) is 5.88. The molecule has 3 aromatic carbocycles. The van der Waals surface area contributed by atoms with E-state index in [1.54, 1.807) is 37.3 Å². The highest BCUT2D eigenvalue weighted by molar-refractivity contribution is 7.91. The zero-order valence-corrected chi connectivity index (χ0v) is 22.2. The number of anilines is 1. The van der Waals surface area contributed by atoms with Gasteiger partial charge in [-0.2, -0.15) is 0 Å². The maximum atomic E-state index is 13.7. The number of amides is 2. The Balaban J connectivity index is 1.40. The summed E-state index contributed by atoms with van der Waals surface area (Å²) in [6.45, 7) is 4.51. The third-order valence-corrected chi connectivity index (χ3v) is 9.73. The predicted octanol–water partition coefficient (Wildman–Crippen LogP) is 6.53. The first-order chi connectivity index (χ1) is 17.7. The minimum atomic E-state index is -3.25. The summed E-state index contributed by atoms with van der Waals surface area (Å²) in [5, 5.41) is 3.03. The molecule has 0 aromatic heterocycles. The van der Waals surface area contributed by atoms with Crippen LogP contribution >= 0.6 is 0 Å². The van der Waals surface area contributed by atoms with Gasteiger partial charge in [-0.05, 0) is 84.0 Å². The average Bonchev–Trinajstić information content (AvgIpc) is 3.21. The molecular formula is C30H33FN2O3S. The van der Waals surface area contributed by atoms with Crippen molar-refractivity contribution in [3.05, 3.63) is 83.2 Å². The van der Waals surface area contributed by atoms with Crippen molar-refractivity contribution in [3.8, 4) is 11.1 Å². The van der Waals surface area contributed by atoms with Gasteiger partial charge in [0.2, 0.25) is 0 Å². The number of hydrogen-bond donors (Lipinski definition) is 1. The third-order valence-electron chi connectivity index (χ3n) is 7.98. The maximum Gasteiger partial charge on any atom is 0.322 e. The van der Waals surface area contributed by atoms with Crippen molar-refractivity contribution in [3.63, 3.8) is 0 Å². The van der Waals surface area contributed by atoms with Crippen molar-refractivity contribution < 1.29 is 17.6 Å². The number of carbonyl (C=O) groups excluding carboxylic acids is 1. The van der Waals surface area contributed by atoms with Gasteiger partial charge in [-0.15, -0.1) is 0 Å². The summed E-state index contributed by atoms with van der Waals surface area (Å²) >= 11 is 0. The second-order valence-electron chi connectivity index (χ2n) is 10.3. The first-order valence-corrected chi connectivity index (χ1v) is 14.7. The van der Waals surface area contributed by atoms with Gasteiger partial charge in [0.05, 0.1) is 10.6 Å². The molecule has 2 amide bonds. The Morgan fingerprint density at radius 1 is 1.00 bits per heavy atom. The van der Waals surface area contributed by atoms with Crippen LogP contribution < -0.4 is 10.2 Å². The number of fused-ring (bicyclic) bond motifs is 2. The topological polar surface area (TPSA) is 66.5 Å². The fraction of sp³-hybridized carbons (Fsp3) is 0.367. The molecule has 0 atom stereocenters. The zero-order valence-electron chi connectivity index (χ0n) is 21.4. The summed E-state index contributed by atoms with van der Waals surface area (Å²) < 4.78 is 37.9. The van der Waals surface area contributed by atoms with Crippen molar-refractivity contribution in [2.45, 2.75) is 62.8 Å². The Morgan fingerprint density at radius 2 is 1.73 bits per heavy atom. The molecule has 0 bridgehead atoms. The Morgan fingerprint density at radius 3 is 2.41 bits per heavy atom. The molecule has 1 saturated carbocycles. The molecule has 0 unspecified atom stereocenters. The van der Waals surface area contributed by atoms with Crippen LogP contribution in [0.2, 0.25) is 0 Å². The van der Waals surface area contributed by atoms with Gasteiger partial charge < -0.3 is 5.32 Å². The Hall–Kier alpha value is -3.19. The summed E-state index contributed by atoms with van der Waals surface area (Å²) in [6.07, 6.45) is 5.58. The van der Waals surface area contributed by atoms with Gasteiger partial charge in [0.1, 0.15) is 5.82 Å². The van der Waals surface area contributed by atoms with Crippen LogP contribution in [0.4, 0.5) is 14.9 Å². The number of sulfone groups is 1. The van der Waals surface area contributed by atoms with Crippen LogP contribution in [0.25, 0.3) is 11.1 Å². The first kappa shape index (κ1) is 25.5. The van der Waals surface area contributed by atoms with E-state index >= 15 is 0 Å². The van der Waals surface area contributed by atoms with Crippen LogP contribution in [0, 0.1) is 12.7 Å². The molecule has 5 rings (SSSR count). The normalized spacial score (nSPS) is 16.6. The third kappa shape index (κ3) is 4.89. The molecule has 1 aliphatic heterocycles. The summed E-state index contributed by atoms with van der Waals surface area (Å²) in [4.78, 5) is 15.6. The Kier molecular flexibility index (Phi) is 6.84. The molecule has 1 N–H and O–H groups in total. The molecule has 3 aromatic rings. The van der Waals surface area contributed by atoms with E-state index in [0.29, 0.717) is 18.0 Å². The van der Waals surface area contributed by atoms with Crippen molar-refractivity contribution in [1.29, 1.82) is 0 Å². The second kappa shape index (κ2) is 9.93. The fourth-order valence-corrected chi connectivity index (χ4v) is 6.76. The van der Waals surface area contributed by atoms with Gasteiger partial charge in [0.15, 0.2) is 9.84 Å². The largest absolute Gasteiger partial charge is 0.334 e. The second-order valence-corrected chi connectivity index (χ2v) is 12.6. The molecule has 37 heavy (non-hydrogen) atoms. The molecule has 0 saturated heterocycles. The first-order valence-electron chi connectivity index (χ1n) is 13.0. The lowest BCUT2D eigenvalue weighted by Crippen LogP contribution is -2.43. The lowest BCUT2D eigenvalue weighted by molar-refractivity contribution is 0.242. The average molecular weight is 521 g/mol. The van der Waals surface area contributed by atoms with Gasteiger partial charge in [0, 0.05) is 24.2 Å². The standard InChI is InChI=1S/C30H33FN2O3S/c1-3-37(35,36)25-11-7-22(8-12-25)19-32-29(34)33-20-30(15-5-4-6-16-30)27-18-23(9-14-28(27)33)26-13-10-24(31)17-21(26)2/h7-14,17-18H,3-6,15-16,19-20H2,1-2H3,(H,32,34). The predicted molar refractivity (Wildman–Crippen MR) is 145 cm³/mol. The zero-order chi connectivity index (χ0) is 26.2. The summed E-state index contributed by atoms with van der Waals surface area (Å²) in [5.74, 6) is -0.183. The van der Waals surface area contributed by atoms with Crippen LogP contribution in [0.5, 0.6) is 0 Å². The van der Waals surface area contributed by atoms with E-state index in [1.165, 1.54) is 18.1 Å². The van der Waals surface area contributed by atoms with E-state index in [1.807, 2.05) is 30.0 Å². The van der Waals surface area contributed by atoms with Gasteiger partial charge in [-0.1, -0.05) is 50.5 Å². The lowest BCUT2D eigenvalue weighted by Gasteiger charge is -2.34. The number of rotatable bonds is 5. The molecule has 7 heteroatoms.